The first-order chi connectivity index (χ1) is 14.1. The number of amides is 2. The Morgan fingerprint density at radius 1 is 1.21 bits per heavy atom. The van der Waals surface area contributed by atoms with Crippen LogP contribution >= 0.6 is 22.9 Å². The summed E-state index contributed by atoms with van der Waals surface area (Å²) in [5.74, 6) is 0.0627. The van der Waals surface area contributed by atoms with E-state index in [1.807, 2.05) is 58.8 Å². The fourth-order valence-corrected chi connectivity index (χ4v) is 4.50. The maximum absolute atomic E-state index is 12.5. The number of hydrogen-bond acceptors (Lipinski definition) is 4. The van der Waals surface area contributed by atoms with Gasteiger partial charge in [-0.1, -0.05) is 41.9 Å². The molecule has 0 radical (unpaired) electrons. The molecule has 3 aromatic rings. The van der Waals surface area contributed by atoms with Gasteiger partial charge in [-0.05, 0) is 30.2 Å². The molecule has 29 heavy (non-hydrogen) atoms. The number of nitrogens with zero attached hydrogens (tertiary/aromatic N) is 2. The average Bonchev–Trinajstić information content (AvgIpc) is 3.32. The molecule has 2 aromatic carbocycles. The predicted molar refractivity (Wildman–Crippen MR) is 116 cm³/mol. The third kappa shape index (κ3) is 4.83. The van der Waals surface area contributed by atoms with E-state index >= 15 is 0 Å². The summed E-state index contributed by atoms with van der Waals surface area (Å²) >= 11 is 7.70. The van der Waals surface area contributed by atoms with Gasteiger partial charge in [-0.3, -0.25) is 9.59 Å². The molecule has 1 aromatic heterocycles. The van der Waals surface area contributed by atoms with Gasteiger partial charge in [0, 0.05) is 36.1 Å². The highest BCUT2D eigenvalue weighted by Crippen LogP contribution is 2.30. The first kappa shape index (κ1) is 19.6. The fourth-order valence-electron chi connectivity index (χ4n) is 3.36. The van der Waals surface area contributed by atoms with Crippen LogP contribution in [0.1, 0.15) is 24.1 Å². The summed E-state index contributed by atoms with van der Waals surface area (Å²) in [4.78, 5) is 30.7. The van der Waals surface area contributed by atoms with E-state index in [4.69, 9.17) is 11.6 Å². The van der Waals surface area contributed by atoms with Crippen LogP contribution in [0.4, 0.5) is 5.69 Å². The quantitative estimate of drug-likeness (QED) is 0.618. The fraction of sp³-hybridized carbons (Fsp3) is 0.227. The third-order valence-corrected chi connectivity index (χ3v) is 6.01. The Labute approximate surface area is 178 Å². The van der Waals surface area contributed by atoms with E-state index in [1.165, 1.54) is 11.3 Å². The molecule has 1 saturated heterocycles. The van der Waals surface area contributed by atoms with Gasteiger partial charge in [-0.15, -0.1) is 11.3 Å². The van der Waals surface area contributed by atoms with E-state index in [1.54, 1.807) is 0 Å². The van der Waals surface area contributed by atoms with E-state index in [0.29, 0.717) is 23.7 Å². The van der Waals surface area contributed by atoms with E-state index in [9.17, 15) is 9.59 Å². The Bertz CT molecular complexity index is 1050. The second kappa shape index (κ2) is 8.76. The molecule has 2 amide bonds. The second-order valence-corrected chi connectivity index (χ2v) is 8.23. The number of anilines is 1. The smallest absolute Gasteiger partial charge is 0.230 e. The highest BCUT2D eigenvalue weighted by molar-refractivity contribution is 7.13. The molecule has 0 aliphatic carbocycles. The van der Waals surface area contributed by atoms with Crippen LogP contribution in [0.25, 0.3) is 10.6 Å². The van der Waals surface area contributed by atoms with Crippen LogP contribution in [-0.4, -0.2) is 28.2 Å². The van der Waals surface area contributed by atoms with Gasteiger partial charge in [0.1, 0.15) is 5.01 Å². The summed E-state index contributed by atoms with van der Waals surface area (Å²) in [7, 11) is 0. The lowest BCUT2D eigenvalue weighted by Crippen LogP contribution is -2.23. The zero-order chi connectivity index (χ0) is 20.2. The van der Waals surface area contributed by atoms with E-state index in [-0.39, 0.29) is 18.2 Å². The van der Waals surface area contributed by atoms with Crippen molar-refractivity contribution in [2.45, 2.75) is 25.8 Å². The molecule has 0 saturated carbocycles. The molecule has 1 N–H and O–H groups in total. The molecule has 4 rings (SSSR count). The van der Waals surface area contributed by atoms with Gasteiger partial charge in [0.05, 0.1) is 17.1 Å². The van der Waals surface area contributed by atoms with Crippen molar-refractivity contribution in [3.63, 3.8) is 0 Å². The highest BCUT2D eigenvalue weighted by atomic mass is 35.5. The van der Waals surface area contributed by atoms with Crippen molar-refractivity contribution >= 4 is 40.4 Å². The molecule has 148 valence electrons. The largest absolute Gasteiger partial charge is 0.338 e. The van der Waals surface area contributed by atoms with Crippen LogP contribution in [0.3, 0.4) is 0 Å². The Kier molecular flexibility index (Phi) is 5.92. The lowest BCUT2D eigenvalue weighted by molar-refractivity contribution is -0.128. The molecule has 0 unspecified atom stereocenters. The lowest BCUT2D eigenvalue weighted by atomic mass is 10.2. The summed E-state index contributed by atoms with van der Waals surface area (Å²) in [6.07, 6.45) is 1.73. The van der Waals surface area contributed by atoms with Crippen LogP contribution in [0, 0.1) is 0 Å². The maximum Gasteiger partial charge on any atom is 0.230 e. The Morgan fingerprint density at radius 2 is 2.07 bits per heavy atom. The molecule has 0 atom stereocenters. The monoisotopic (exact) mass is 425 g/mol. The number of likely N-dealkylation sites (tertiary alicyclic amines) is 1. The number of nitrogens with one attached hydrogen (secondary N) is 1. The molecule has 5 nitrogen and oxygen atoms in total. The molecule has 1 aliphatic rings. The Morgan fingerprint density at radius 3 is 2.86 bits per heavy atom. The summed E-state index contributed by atoms with van der Waals surface area (Å²) in [5.41, 5.74) is 3.31. The zero-order valence-electron chi connectivity index (χ0n) is 15.7. The predicted octanol–water partition coefficient (Wildman–Crippen LogP) is 4.77. The van der Waals surface area contributed by atoms with Gasteiger partial charge >= 0.3 is 0 Å². The van der Waals surface area contributed by atoms with E-state index in [2.05, 4.69) is 10.3 Å². The Balaban J connectivity index is 1.38. The van der Waals surface area contributed by atoms with Crippen molar-refractivity contribution in [1.82, 2.24) is 9.88 Å². The SMILES string of the molecule is O=C(Cc1csc(-c2ccccc2Cl)n1)Nc1cccc(CN2CCCC2=O)c1. The normalized spacial score (nSPS) is 13.7. The van der Waals surface area contributed by atoms with Crippen molar-refractivity contribution in [2.24, 2.45) is 0 Å². The third-order valence-electron chi connectivity index (χ3n) is 4.75. The van der Waals surface area contributed by atoms with Crippen molar-refractivity contribution in [3.05, 3.63) is 70.2 Å². The van der Waals surface area contributed by atoms with Gasteiger partial charge in [-0.2, -0.15) is 0 Å². The molecule has 1 aliphatic heterocycles. The molecule has 1 fully saturated rings. The minimum absolute atomic E-state index is 0.129. The van der Waals surface area contributed by atoms with Crippen molar-refractivity contribution in [2.75, 3.05) is 11.9 Å². The molecule has 0 bridgehead atoms. The van der Waals surface area contributed by atoms with E-state index < -0.39 is 0 Å². The zero-order valence-corrected chi connectivity index (χ0v) is 17.3. The molecule has 2 heterocycles. The molecule has 7 heteroatoms. The van der Waals surface area contributed by atoms with Gasteiger partial charge in [0.2, 0.25) is 11.8 Å². The van der Waals surface area contributed by atoms with Crippen LogP contribution in [0.5, 0.6) is 0 Å². The first-order valence-electron chi connectivity index (χ1n) is 9.44. The number of hydrogen-bond donors (Lipinski definition) is 1. The molecule has 0 spiro atoms. The number of aromatic nitrogens is 1. The summed E-state index contributed by atoms with van der Waals surface area (Å²) in [6.45, 7) is 1.38. The standard InChI is InChI=1S/C22H20ClN3O2S/c23-19-8-2-1-7-18(19)22-25-17(14-29-22)12-20(27)24-16-6-3-5-15(11-16)13-26-10-4-9-21(26)28/h1-3,5-8,11,14H,4,9-10,12-13H2,(H,24,27). The lowest BCUT2D eigenvalue weighted by Gasteiger charge is -2.16. The van der Waals surface area contributed by atoms with Crippen LogP contribution in [-0.2, 0) is 22.6 Å². The van der Waals surface area contributed by atoms with E-state index in [0.717, 1.165) is 34.8 Å². The van der Waals surface area contributed by atoms with Crippen LogP contribution < -0.4 is 5.32 Å². The minimum atomic E-state index is -0.129. The Hall–Kier alpha value is -2.70. The number of halogens is 1. The average molecular weight is 426 g/mol. The summed E-state index contributed by atoms with van der Waals surface area (Å²) in [6, 6.07) is 15.2. The highest BCUT2D eigenvalue weighted by Gasteiger charge is 2.20. The summed E-state index contributed by atoms with van der Waals surface area (Å²) < 4.78 is 0. The number of rotatable bonds is 6. The molecular formula is C22H20ClN3O2S. The van der Waals surface area contributed by atoms with Crippen molar-refractivity contribution < 1.29 is 9.59 Å². The van der Waals surface area contributed by atoms with Crippen molar-refractivity contribution in [1.29, 1.82) is 0 Å². The first-order valence-corrected chi connectivity index (χ1v) is 10.7. The number of thiazole rings is 1. The number of carbonyl (C=O) groups is 2. The topological polar surface area (TPSA) is 62.3 Å². The second-order valence-electron chi connectivity index (χ2n) is 6.97. The van der Waals surface area contributed by atoms with Crippen LogP contribution in [0.2, 0.25) is 5.02 Å². The number of carbonyl (C=O) groups excluding carboxylic acids is 2. The van der Waals surface area contributed by atoms with Gasteiger partial charge in [0.15, 0.2) is 0 Å². The maximum atomic E-state index is 12.5. The summed E-state index contributed by atoms with van der Waals surface area (Å²) in [5, 5.41) is 6.25. The van der Waals surface area contributed by atoms with Crippen molar-refractivity contribution in [3.8, 4) is 10.6 Å². The van der Waals surface area contributed by atoms with Gasteiger partial charge in [0.25, 0.3) is 0 Å². The minimum Gasteiger partial charge on any atom is -0.338 e. The number of benzene rings is 2. The van der Waals surface area contributed by atoms with Crippen LogP contribution in [0.15, 0.2) is 53.9 Å². The molecular weight excluding hydrogens is 406 g/mol. The van der Waals surface area contributed by atoms with Gasteiger partial charge < -0.3 is 10.2 Å². The van der Waals surface area contributed by atoms with Gasteiger partial charge in [-0.25, -0.2) is 4.98 Å².